The number of amides is 2. The Hall–Kier alpha value is -3.23. The Morgan fingerprint density at radius 1 is 1.27 bits per heavy atom. The van der Waals surface area contributed by atoms with Gasteiger partial charge in [0.05, 0.1) is 6.20 Å². The molecule has 0 bridgehead atoms. The zero-order valence-corrected chi connectivity index (χ0v) is 13.4. The van der Waals surface area contributed by atoms with Gasteiger partial charge in [-0.2, -0.15) is 5.10 Å². The lowest BCUT2D eigenvalue weighted by Gasteiger charge is -2.37. The molecular weight excluding hydrogens is 344 g/mol. The van der Waals surface area contributed by atoms with E-state index in [2.05, 4.69) is 10.4 Å². The van der Waals surface area contributed by atoms with E-state index in [0.29, 0.717) is 5.56 Å². The van der Waals surface area contributed by atoms with Crippen LogP contribution in [0.1, 0.15) is 33.8 Å². The van der Waals surface area contributed by atoms with E-state index in [9.17, 15) is 18.4 Å². The first-order valence-electron chi connectivity index (χ1n) is 7.88. The first-order valence-corrected chi connectivity index (χ1v) is 7.88. The van der Waals surface area contributed by atoms with Gasteiger partial charge in [-0.25, -0.2) is 13.5 Å². The van der Waals surface area contributed by atoms with Gasteiger partial charge in [-0.1, -0.05) is 24.3 Å². The van der Waals surface area contributed by atoms with Crippen LogP contribution in [-0.4, -0.2) is 21.6 Å². The molecule has 5 N–H and O–H groups in total. The molecule has 0 saturated heterocycles. The van der Waals surface area contributed by atoms with Gasteiger partial charge in [-0.05, 0) is 11.6 Å². The summed E-state index contributed by atoms with van der Waals surface area (Å²) in [5, 5.41) is 6.87. The van der Waals surface area contributed by atoms with E-state index in [1.807, 2.05) is 0 Å². The molecule has 0 radical (unpaired) electrons. The Labute approximate surface area is 146 Å². The molecule has 4 rings (SSSR count). The molecule has 134 valence electrons. The number of primary amides is 2. The molecule has 1 aliphatic carbocycles. The third-order valence-electron chi connectivity index (χ3n) is 5.06. The summed E-state index contributed by atoms with van der Waals surface area (Å²) >= 11 is 0. The number of hydrogen-bond donors (Lipinski definition) is 3. The summed E-state index contributed by atoms with van der Waals surface area (Å²) in [5.74, 6) is -5.53. The summed E-state index contributed by atoms with van der Waals surface area (Å²) in [5.41, 5.74) is 9.55. The van der Waals surface area contributed by atoms with Crippen LogP contribution in [0.3, 0.4) is 0 Å². The largest absolute Gasteiger partial charge is 0.367 e. The number of fused-ring (bicyclic) bond motifs is 2. The Morgan fingerprint density at radius 2 is 2.00 bits per heavy atom. The van der Waals surface area contributed by atoms with Crippen molar-refractivity contribution in [3.05, 3.63) is 59.4 Å². The minimum absolute atomic E-state index is 0.0398. The number of nitrogens with two attached hydrogens (primary N) is 2. The fourth-order valence-corrected chi connectivity index (χ4v) is 3.89. The number of carbonyl (C=O) groups is 2. The van der Waals surface area contributed by atoms with Gasteiger partial charge in [0.2, 0.25) is 5.91 Å². The van der Waals surface area contributed by atoms with Crippen LogP contribution in [0, 0.1) is 0 Å². The summed E-state index contributed by atoms with van der Waals surface area (Å²) in [4.78, 5) is 24.2. The predicted molar refractivity (Wildman–Crippen MR) is 88.4 cm³/mol. The molecule has 9 heteroatoms. The molecule has 7 nitrogen and oxygen atoms in total. The Morgan fingerprint density at radius 3 is 2.69 bits per heavy atom. The van der Waals surface area contributed by atoms with Crippen LogP contribution in [0.2, 0.25) is 0 Å². The van der Waals surface area contributed by atoms with Crippen LogP contribution in [0.15, 0.2) is 42.7 Å². The molecule has 2 aromatic rings. The fourth-order valence-electron chi connectivity index (χ4n) is 3.89. The summed E-state index contributed by atoms with van der Waals surface area (Å²) in [6, 6.07) is 6.05. The number of nitrogens with zero attached hydrogens (tertiary/aromatic N) is 2. The molecule has 2 heterocycles. The van der Waals surface area contributed by atoms with E-state index in [1.54, 1.807) is 12.1 Å². The van der Waals surface area contributed by atoms with Crippen molar-refractivity contribution in [2.24, 2.45) is 11.5 Å². The maximum atomic E-state index is 14.6. The highest BCUT2D eigenvalue weighted by atomic mass is 19.3. The molecule has 2 unspecified atom stereocenters. The maximum Gasteiger partial charge on any atom is 0.274 e. The van der Waals surface area contributed by atoms with E-state index < -0.39 is 35.6 Å². The van der Waals surface area contributed by atoms with Crippen LogP contribution < -0.4 is 16.8 Å². The monoisotopic (exact) mass is 359 g/mol. The molecule has 1 aliphatic heterocycles. The third kappa shape index (κ3) is 1.94. The molecule has 1 aromatic heterocycles. The van der Waals surface area contributed by atoms with Crippen LogP contribution in [0.4, 0.5) is 14.6 Å². The number of benzene rings is 1. The molecule has 0 saturated carbocycles. The van der Waals surface area contributed by atoms with Crippen molar-refractivity contribution >= 4 is 17.6 Å². The fraction of sp³-hybridized carbons (Fsp3) is 0.235. The lowest BCUT2D eigenvalue weighted by molar-refractivity contribution is -0.126. The van der Waals surface area contributed by atoms with E-state index >= 15 is 0 Å². The highest BCUT2D eigenvalue weighted by Gasteiger charge is 2.57. The molecule has 2 amide bonds. The predicted octanol–water partition coefficient (Wildman–Crippen LogP) is 1.38. The molecule has 0 spiro atoms. The number of nitrogens with one attached hydrogen (secondary N) is 1. The van der Waals surface area contributed by atoms with Crippen LogP contribution in [-0.2, 0) is 16.3 Å². The van der Waals surface area contributed by atoms with E-state index in [0.717, 1.165) is 0 Å². The number of alkyl halides is 2. The van der Waals surface area contributed by atoms with Gasteiger partial charge < -0.3 is 16.8 Å². The van der Waals surface area contributed by atoms with E-state index in [4.69, 9.17) is 11.5 Å². The van der Waals surface area contributed by atoms with Crippen LogP contribution in [0.5, 0.6) is 0 Å². The van der Waals surface area contributed by atoms with Gasteiger partial charge in [0.25, 0.3) is 11.8 Å². The zero-order valence-electron chi connectivity index (χ0n) is 13.4. The average Bonchev–Trinajstić information content (AvgIpc) is 3.14. The minimum atomic E-state index is -3.11. The zero-order chi connectivity index (χ0) is 18.7. The quantitative estimate of drug-likeness (QED) is 0.768. The maximum absolute atomic E-state index is 14.6. The first-order chi connectivity index (χ1) is 12.3. The van der Waals surface area contributed by atoms with Crippen molar-refractivity contribution in [3.8, 4) is 0 Å². The Balaban J connectivity index is 1.97. The second-order valence-corrected chi connectivity index (χ2v) is 6.40. The average molecular weight is 359 g/mol. The lowest BCUT2D eigenvalue weighted by atomic mass is 9.78. The summed E-state index contributed by atoms with van der Waals surface area (Å²) in [7, 11) is 0. The first kappa shape index (κ1) is 16.2. The summed E-state index contributed by atoms with van der Waals surface area (Å²) in [6.07, 6.45) is 3.38. The minimum Gasteiger partial charge on any atom is -0.367 e. The molecule has 0 fully saturated rings. The van der Waals surface area contributed by atoms with Crippen molar-refractivity contribution in [2.45, 2.75) is 23.8 Å². The number of rotatable bonds is 3. The van der Waals surface area contributed by atoms with Gasteiger partial charge in [0.15, 0.2) is 5.54 Å². The molecule has 1 aromatic carbocycles. The van der Waals surface area contributed by atoms with Gasteiger partial charge in [0, 0.05) is 24.1 Å². The topological polar surface area (TPSA) is 116 Å². The SMILES string of the molecule is NC(=O)c1cnn2c1NC=CC2(C(N)=O)C1CC(F)(F)c2ccccc21. The number of aromatic nitrogens is 2. The number of carbonyl (C=O) groups excluding carboxylic acids is 2. The molecular formula is C17H15F2N5O2. The highest BCUT2D eigenvalue weighted by molar-refractivity contribution is 5.99. The molecule has 2 aliphatic rings. The highest BCUT2D eigenvalue weighted by Crippen LogP contribution is 2.55. The van der Waals surface area contributed by atoms with Gasteiger partial charge in [0.1, 0.15) is 11.4 Å². The normalized spacial score (nSPS) is 25.2. The van der Waals surface area contributed by atoms with Crippen molar-refractivity contribution in [2.75, 3.05) is 5.32 Å². The lowest BCUT2D eigenvalue weighted by Crippen LogP contribution is -2.51. The Bertz CT molecular complexity index is 968. The van der Waals surface area contributed by atoms with Crippen molar-refractivity contribution < 1.29 is 18.4 Å². The molecule has 2 atom stereocenters. The second-order valence-electron chi connectivity index (χ2n) is 6.40. The third-order valence-corrected chi connectivity index (χ3v) is 5.06. The number of anilines is 1. The number of halogens is 2. The summed E-state index contributed by atoms with van der Waals surface area (Å²) < 4.78 is 30.4. The van der Waals surface area contributed by atoms with Crippen molar-refractivity contribution in [1.29, 1.82) is 0 Å². The van der Waals surface area contributed by atoms with Gasteiger partial charge >= 0.3 is 0 Å². The van der Waals surface area contributed by atoms with Crippen LogP contribution in [0.25, 0.3) is 0 Å². The van der Waals surface area contributed by atoms with Gasteiger partial charge in [-0.15, -0.1) is 0 Å². The number of hydrogen-bond acceptors (Lipinski definition) is 4. The van der Waals surface area contributed by atoms with Crippen molar-refractivity contribution in [1.82, 2.24) is 9.78 Å². The van der Waals surface area contributed by atoms with E-state index in [1.165, 1.54) is 35.3 Å². The standard InChI is InChI=1S/C17H15F2N5O2/c18-17(19)7-12(9-3-1-2-4-11(9)17)16(15(21)26)5-6-22-14-10(13(20)25)8-23-24(14)16/h1-6,8,12,22H,7H2,(H2,20,25)(H2,21,26). The van der Waals surface area contributed by atoms with Crippen LogP contribution >= 0.6 is 0 Å². The smallest absolute Gasteiger partial charge is 0.274 e. The molecule has 26 heavy (non-hydrogen) atoms. The van der Waals surface area contributed by atoms with E-state index in [-0.39, 0.29) is 16.9 Å². The van der Waals surface area contributed by atoms with Gasteiger partial charge in [-0.3, -0.25) is 9.59 Å². The Kier molecular flexibility index (Phi) is 3.21. The second kappa shape index (κ2) is 5.13. The summed E-state index contributed by atoms with van der Waals surface area (Å²) in [6.45, 7) is 0. The van der Waals surface area contributed by atoms with Crippen molar-refractivity contribution in [3.63, 3.8) is 0 Å².